The van der Waals surface area contributed by atoms with E-state index < -0.39 is 0 Å². The summed E-state index contributed by atoms with van der Waals surface area (Å²) in [6, 6.07) is 7.41. The molecule has 0 unspecified atom stereocenters. The van der Waals surface area contributed by atoms with Gasteiger partial charge in [0.15, 0.2) is 5.82 Å². The minimum Gasteiger partial charge on any atom is -0.492 e. The van der Waals surface area contributed by atoms with Crippen molar-refractivity contribution in [2.75, 3.05) is 32.1 Å². The number of nitrogens with one attached hydrogen (secondary N) is 2. The first-order chi connectivity index (χ1) is 13.1. The van der Waals surface area contributed by atoms with Crippen LogP contribution in [0.5, 0.6) is 5.75 Å². The molecular weight excluding hydrogens is 366 g/mol. The lowest BCUT2D eigenvalue weighted by Crippen LogP contribution is -2.35. The summed E-state index contributed by atoms with van der Waals surface area (Å²) in [4.78, 5) is 14.8. The molecule has 3 heterocycles. The van der Waals surface area contributed by atoms with E-state index in [2.05, 4.69) is 27.7 Å². The zero-order chi connectivity index (χ0) is 18.8. The first kappa shape index (κ1) is 18.1. The number of likely N-dealkylation sites (tertiary alicyclic amines) is 1. The van der Waals surface area contributed by atoms with Crippen LogP contribution < -0.4 is 15.4 Å². The number of hydrogen-bond acceptors (Lipinski definition) is 4. The van der Waals surface area contributed by atoms with Gasteiger partial charge in [-0.15, -0.1) is 0 Å². The van der Waals surface area contributed by atoms with Crippen LogP contribution in [0.15, 0.2) is 30.5 Å². The molecule has 1 aromatic heterocycles. The first-order valence-electron chi connectivity index (χ1n) is 9.32. The van der Waals surface area contributed by atoms with E-state index in [1.807, 2.05) is 29.1 Å². The fraction of sp³-hybridized carbons (Fsp3) is 0.474. The first-order valence-corrected chi connectivity index (χ1v) is 9.70. The van der Waals surface area contributed by atoms with Crippen molar-refractivity contribution in [1.29, 1.82) is 0 Å². The average molecular weight is 390 g/mol. The van der Waals surface area contributed by atoms with Crippen molar-refractivity contribution in [3.63, 3.8) is 0 Å². The van der Waals surface area contributed by atoms with E-state index in [1.54, 1.807) is 6.07 Å². The van der Waals surface area contributed by atoms with Crippen LogP contribution in [-0.2, 0) is 0 Å². The molecule has 7 nitrogen and oxygen atoms in total. The van der Waals surface area contributed by atoms with Gasteiger partial charge in [0.1, 0.15) is 5.75 Å². The van der Waals surface area contributed by atoms with E-state index in [0.717, 1.165) is 31.5 Å². The maximum absolute atomic E-state index is 12.5. The summed E-state index contributed by atoms with van der Waals surface area (Å²) < 4.78 is 7.60. The zero-order valence-electron chi connectivity index (χ0n) is 15.3. The van der Waals surface area contributed by atoms with Crippen LogP contribution in [0.2, 0.25) is 5.02 Å². The van der Waals surface area contributed by atoms with E-state index in [0.29, 0.717) is 35.7 Å². The number of carbonyl (C=O) groups excluding carboxylic acids is 1. The third kappa shape index (κ3) is 4.04. The van der Waals surface area contributed by atoms with E-state index in [1.165, 1.54) is 0 Å². The van der Waals surface area contributed by atoms with Crippen molar-refractivity contribution in [3.8, 4) is 5.75 Å². The molecule has 0 radical (unpaired) electrons. The Morgan fingerprint density at radius 1 is 1.26 bits per heavy atom. The molecule has 4 rings (SSSR count). The Labute approximate surface area is 163 Å². The monoisotopic (exact) mass is 389 g/mol. The molecule has 2 aliphatic rings. The molecule has 2 aromatic rings. The summed E-state index contributed by atoms with van der Waals surface area (Å²) in [7, 11) is 2.14. The second-order valence-corrected chi connectivity index (χ2v) is 7.57. The second kappa shape index (κ2) is 7.78. The van der Waals surface area contributed by atoms with Gasteiger partial charge in [0.05, 0.1) is 23.7 Å². The highest BCUT2D eigenvalue weighted by atomic mass is 35.5. The normalized spacial score (nSPS) is 20.6. The molecule has 8 heteroatoms. The number of halogens is 1. The Morgan fingerprint density at radius 2 is 2.07 bits per heavy atom. The lowest BCUT2D eigenvalue weighted by Gasteiger charge is -2.29. The molecule has 1 atom stereocenters. The molecule has 27 heavy (non-hydrogen) atoms. The number of nitrogens with zero attached hydrogens (tertiary/aromatic N) is 3. The SMILES string of the molecule is CN1CCC(n2ccc(NC(=O)N[C@H]3CCOc4c(Cl)cccc43)n2)CC1. The molecular formula is C19H24ClN5O2. The maximum Gasteiger partial charge on any atom is 0.320 e. The number of fused-ring (bicyclic) bond motifs is 1. The lowest BCUT2D eigenvalue weighted by atomic mass is 10.0. The third-order valence-electron chi connectivity index (χ3n) is 5.24. The predicted octanol–water partition coefficient (Wildman–Crippen LogP) is 3.45. The summed E-state index contributed by atoms with van der Waals surface area (Å²) >= 11 is 6.19. The number of carbonyl (C=O) groups is 1. The van der Waals surface area contributed by atoms with Crippen LogP contribution >= 0.6 is 11.6 Å². The minimum absolute atomic E-state index is 0.136. The summed E-state index contributed by atoms with van der Waals surface area (Å²) in [6.45, 7) is 2.66. The van der Waals surface area contributed by atoms with Crippen molar-refractivity contribution in [1.82, 2.24) is 20.0 Å². The smallest absolute Gasteiger partial charge is 0.320 e. The van der Waals surface area contributed by atoms with Crippen molar-refractivity contribution < 1.29 is 9.53 Å². The maximum atomic E-state index is 12.5. The van der Waals surface area contributed by atoms with Gasteiger partial charge in [0, 0.05) is 24.2 Å². The highest BCUT2D eigenvalue weighted by molar-refractivity contribution is 6.32. The predicted molar refractivity (Wildman–Crippen MR) is 104 cm³/mol. The fourth-order valence-electron chi connectivity index (χ4n) is 3.71. The molecule has 2 aliphatic heterocycles. The summed E-state index contributed by atoms with van der Waals surface area (Å²) in [5, 5.41) is 10.9. The lowest BCUT2D eigenvalue weighted by molar-refractivity contribution is 0.212. The van der Waals surface area contributed by atoms with Gasteiger partial charge in [0.25, 0.3) is 0 Å². The van der Waals surface area contributed by atoms with Gasteiger partial charge >= 0.3 is 6.03 Å². The Balaban J connectivity index is 1.38. The highest BCUT2D eigenvalue weighted by Gasteiger charge is 2.25. The number of ether oxygens (including phenoxy) is 1. The molecule has 2 N–H and O–H groups in total. The Bertz CT molecular complexity index is 816. The van der Waals surface area contributed by atoms with Crippen molar-refractivity contribution in [2.45, 2.75) is 31.3 Å². The number of piperidine rings is 1. The van der Waals surface area contributed by atoms with Gasteiger partial charge < -0.3 is 15.0 Å². The molecule has 1 saturated heterocycles. The van der Waals surface area contributed by atoms with Gasteiger partial charge in [-0.3, -0.25) is 10.00 Å². The van der Waals surface area contributed by atoms with E-state index in [4.69, 9.17) is 16.3 Å². The second-order valence-electron chi connectivity index (χ2n) is 7.16. The average Bonchev–Trinajstić information content (AvgIpc) is 3.11. The molecule has 0 spiro atoms. The van der Waals surface area contributed by atoms with Gasteiger partial charge in [0.2, 0.25) is 0 Å². The van der Waals surface area contributed by atoms with Crippen LogP contribution in [0.4, 0.5) is 10.6 Å². The van der Waals surface area contributed by atoms with Crippen LogP contribution in [-0.4, -0.2) is 47.5 Å². The van der Waals surface area contributed by atoms with Gasteiger partial charge in [-0.1, -0.05) is 23.7 Å². The molecule has 2 amide bonds. The van der Waals surface area contributed by atoms with Crippen LogP contribution in [0.25, 0.3) is 0 Å². The number of rotatable bonds is 3. The van der Waals surface area contributed by atoms with Crippen LogP contribution in [0, 0.1) is 0 Å². The van der Waals surface area contributed by atoms with E-state index >= 15 is 0 Å². The number of hydrogen-bond donors (Lipinski definition) is 2. The molecule has 0 saturated carbocycles. The van der Waals surface area contributed by atoms with Gasteiger partial charge in [-0.25, -0.2) is 4.79 Å². The summed E-state index contributed by atoms with van der Waals surface area (Å²) in [5.41, 5.74) is 0.903. The minimum atomic E-state index is -0.276. The van der Waals surface area contributed by atoms with Crippen LogP contribution in [0.3, 0.4) is 0 Å². The number of anilines is 1. The quantitative estimate of drug-likeness (QED) is 0.843. The molecule has 1 aromatic carbocycles. The van der Waals surface area contributed by atoms with E-state index in [-0.39, 0.29) is 12.1 Å². The number of para-hydroxylation sites is 1. The summed E-state index contributed by atoms with van der Waals surface area (Å²) in [5.74, 6) is 1.21. The van der Waals surface area contributed by atoms with Crippen molar-refractivity contribution in [3.05, 3.63) is 41.0 Å². The highest BCUT2D eigenvalue weighted by Crippen LogP contribution is 2.37. The standard InChI is InChI=1S/C19H24ClN5O2/c1-24-9-5-13(6-10-24)25-11-7-17(23-25)22-19(26)21-16-8-12-27-18-14(16)3-2-4-15(18)20/h2-4,7,11,13,16H,5-6,8-10,12H2,1H3,(H2,21,22,23,26)/t16-/m0/s1. The molecule has 1 fully saturated rings. The fourth-order valence-corrected chi connectivity index (χ4v) is 3.95. The largest absolute Gasteiger partial charge is 0.492 e. The van der Waals surface area contributed by atoms with E-state index in [9.17, 15) is 4.79 Å². The number of benzene rings is 1. The number of aromatic nitrogens is 2. The Hall–Kier alpha value is -2.25. The van der Waals surface area contributed by atoms with Crippen molar-refractivity contribution in [2.24, 2.45) is 0 Å². The number of amides is 2. The van der Waals surface area contributed by atoms with Crippen LogP contribution in [0.1, 0.15) is 36.9 Å². The summed E-state index contributed by atoms with van der Waals surface area (Å²) in [6.07, 6.45) is 4.78. The Kier molecular flexibility index (Phi) is 5.22. The molecule has 144 valence electrons. The molecule has 0 bridgehead atoms. The van der Waals surface area contributed by atoms with Gasteiger partial charge in [-0.2, -0.15) is 5.10 Å². The van der Waals surface area contributed by atoms with Crippen molar-refractivity contribution >= 4 is 23.4 Å². The Morgan fingerprint density at radius 3 is 2.89 bits per heavy atom. The number of urea groups is 1. The molecule has 0 aliphatic carbocycles. The topological polar surface area (TPSA) is 71.4 Å². The third-order valence-corrected chi connectivity index (χ3v) is 5.54. The van der Waals surface area contributed by atoms with Gasteiger partial charge in [-0.05, 0) is 39.0 Å². The zero-order valence-corrected chi connectivity index (χ0v) is 16.1.